The molecular formula is C25H37N3O9. The second-order valence-corrected chi connectivity index (χ2v) is 8.42. The summed E-state index contributed by atoms with van der Waals surface area (Å²) in [5.41, 5.74) is 2.82. The Kier molecular flexibility index (Phi) is 14.9. The number of hydroxylamine groups is 2. The van der Waals surface area contributed by atoms with E-state index in [1.165, 1.54) is 6.08 Å². The van der Waals surface area contributed by atoms with E-state index in [9.17, 15) is 24.0 Å². The van der Waals surface area contributed by atoms with Gasteiger partial charge in [-0.05, 0) is 31.8 Å². The van der Waals surface area contributed by atoms with Gasteiger partial charge in [-0.2, -0.15) is 0 Å². The van der Waals surface area contributed by atoms with Gasteiger partial charge in [-0.15, -0.1) is 10.8 Å². The summed E-state index contributed by atoms with van der Waals surface area (Å²) < 4.78 is 16.2. The molecule has 0 unspecified atom stereocenters. The molecule has 1 N–H and O–H groups in total. The lowest BCUT2D eigenvalue weighted by atomic mass is 10.2. The Morgan fingerprint density at radius 3 is 2.27 bits per heavy atom. The summed E-state index contributed by atoms with van der Waals surface area (Å²) in [5, 5.41) is 3.40. The van der Waals surface area contributed by atoms with Crippen LogP contribution in [0.3, 0.4) is 0 Å². The maximum atomic E-state index is 11.9. The third-order valence-electron chi connectivity index (χ3n) is 5.47. The van der Waals surface area contributed by atoms with Crippen LogP contribution in [-0.2, 0) is 43.0 Å². The third-order valence-corrected chi connectivity index (χ3v) is 5.47. The molecule has 2 rings (SSSR count). The monoisotopic (exact) mass is 523 g/mol. The Morgan fingerprint density at radius 2 is 1.54 bits per heavy atom. The molecule has 2 heterocycles. The Balaban J connectivity index is 1.29. The molecule has 4 amide bonds. The van der Waals surface area contributed by atoms with E-state index in [1.54, 1.807) is 4.90 Å². The van der Waals surface area contributed by atoms with Crippen molar-refractivity contribution in [3.05, 3.63) is 17.9 Å². The number of nitrogens with zero attached hydrogens (tertiary/aromatic N) is 2. The third kappa shape index (κ3) is 13.2. The number of ether oxygens (including phenoxy) is 3. The Labute approximate surface area is 216 Å². The molecule has 1 saturated heterocycles. The van der Waals surface area contributed by atoms with Crippen LogP contribution in [0.15, 0.2) is 17.9 Å². The standard InChI is InChI=1S/C25H37N3O9/c29-21(10-14-27-13-5-1-3-7-22(27)30)26-12-4-2-6-15-34-17-19-36-20-18-35-16-11-25(33)37-28-23(31)8-9-24(28)32/h1,7H,2,4-6,8-20H2,(H,26,29). The van der Waals surface area contributed by atoms with Crippen molar-refractivity contribution in [2.75, 3.05) is 59.3 Å². The zero-order valence-corrected chi connectivity index (χ0v) is 21.2. The molecular weight excluding hydrogens is 486 g/mol. The summed E-state index contributed by atoms with van der Waals surface area (Å²) in [6, 6.07) is 0. The molecule has 2 aliphatic heterocycles. The minimum absolute atomic E-state index is 0.0543. The molecule has 0 aromatic carbocycles. The van der Waals surface area contributed by atoms with E-state index in [0.29, 0.717) is 64.2 Å². The number of imide groups is 1. The molecule has 12 heteroatoms. The van der Waals surface area contributed by atoms with E-state index < -0.39 is 17.8 Å². The van der Waals surface area contributed by atoms with Gasteiger partial charge in [-0.1, -0.05) is 0 Å². The number of rotatable bonds is 19. The lowest BCUT2D eigenvalue weighted by molar-refractivity contribution is -0.198. The van der Waals surface area contributed by atoms with Gasteiger partial charge < -0.3 is 29.3 Å². The van der Waals surface area contributed by atoms with Gasteiger partial charge in [0.25, 0.3) is 17.7 Å². The molecule has 206 valence electrons. The molecule has 0 radical (unpaired) electrons. The quantitative estimate of drug-likeness (QED) is 0.147. The second-order valence-electron chi connectivity index (χ2n) is 8.42. The van der Waals surface area contributed by atoms with Crippen LogP contribution in [0.2, 0.25) is 0 Å². The lowest BCUT2D eigenvalue weighted by Crippen LogP contribution is -2.34. The Morgan fingerprint density at radius 1 is 0.865 bits per heavy atom. The summed E-state index contributed by atoms with van der Waals surface area (Å²) >= 11 is 0. The summed E-state index contributed by atoms with van der Waals surface area (Å²) in [5.74, 6) is -1.87. The summed E-state index contributed by atoms with van der Waals surface area (Å²) in [7, 11) is 0. The van der Waals surface area contributed by atoms with Crippen LogP contribution in [0.4, 0.5) is 0 Å². The molecule has 0 spiro atoms. The molecule has 0 saturated carbocycles. The number of hydrogen-bond acceptors (Lipinski definition) is 9. The zero-order chi connectivity index (χ0) is 26.7. The highest BCUT2D eigenvalue weighted by Gasteiger charge is 2.32. The summed E-state index contributed by atoms with van der Waals surface area (Å²) in [6.45, 7) is 3.86. The minimum atomic E-state index is -0.697. The number of carbonyl (C=O) groups is 5. The lowest BCUT2D eigenvalue weighted by Gasteiger charge is -2.19. The zero-order valence-electron chi connectivity index (χ0n) is 21.2. The van der Waals surface area contributed by atoms with Crippen molar-refractivity contribution in [2.24, 2.45) is 0 Å². The van der Waals surface area contributed by atoms with E-state index in [4.69, 9.17) is 19.0 Å². The Hall–Kier alpha value is -3.05. The van der Waals surface area contributed by atoms with Gasteiger partial charge in [0.1, 0.15) is 0 Å². The second kappa shape index (κ2) is 18.2. The fourth-order valence-corrected chi connectivity index (χ4v) is 3.42. The van der Waals surface area contributed by atoms with Crippen molar-refractivity contribution in [1.82, 2.24) is 15.3 Å². The van der Waals surface area contributed by atoms with Gasteiger partial charge in [0.05, 0.1) is 39.5 Å². The number of carbonyl (C=O) groups excluding carboxylic acids is 5. The maximum Gasteiger partial charge on any atom is 0.335 e. The van der Waals surface area contributed by atoms with Gasteiger partial charge in [-0.25, -0.2) is 4.79 Å². The van der Waals surface area contributed by atoms with Crippen molar-refractivity contribution in [3.63, 3.8) is 0 Å². The van der Waals surface area contributed by atoms with Gasteiger partial charge in [0.2, 0.25) is 5.91 Å². The largest absolute Gasteiger partial charge is 0.379 e. The van der Waals surface area contributed by atoms with Gasteiger partial charge in [0.15, 0.2) is 0 Å². The van der Waals surface area contributed by atoms with Crippen molar-refractivity contribution >= 4 is 29.6 Å². The van der Waals surface area contributed by atoms with Crippen molar-refractivity contribution in [1.29, 1.82) is 0 Å². The van der Waals surface area contributed by atoms with Crippen molar-refractivity contribution < 1.29 is 43.0 Å². The predicted octanol–water partition coefficient (Wildman–Crippen LogP) is 0.654. The molecule has 12 nitrogen and oxygen atoms in total. The predicted molar refractivity (Wildman–Crippen MR) is 130 cm³/mol. The molecule has 0 bridgehead atoms. The smallest absolute Gasteiger partial charge is 0.335 e. The minimum Gasteiger partial charge on any atom is -0.379 e. The molecule has 0 atom stereocenters. The number of hydrogen-bond donors (Lipinski definition) is 1. The van der Waals surface area contributed by atoms with Crippen LogP contribution in [0, 0.1) is 0 Å². The molecule has 1 fully saturated rings. The van der Waals surface area contributed by atoms with Crippen LogP contribution in [-0.4, -0.2) is 98.8 Å². The van der Waals surface area contributed by atoms with E-state index >= 15 is 0 Å². The van der Waals surface area contributed by atoms with Gasteiger partial charge >= 0.3 is 5.97 Å². The van der Waals surface area contributed by atoms with Crippen molar-refractivity contribution in [3.8, 4) is 0 Å². The van der Waals surface area contributed by atoms with E-state index in [2.05, 4.69) is 11.0 Å². The first-order valence-corrected chi connectivity index (χ1v) is 12.7. The van der Waals surface area contributed by atoms with Gasteiger partial charge in [0, 0.05) is 51.6 Å². The van der Waals surface area contributed by atoms with E-state index in [0.717, 1.165) is 25.7 Å². The van der Waals surface area contributed by atoms with E-state index in [1.807, 2.05) is 6.08 Å². The van der Waals surface area contributed by atoms with Crippen LogP contribution in [0.1, 0.15) is 51.4 Å². The first-order valence-electron chi connectivity index (χ1n) is 12.7. The molecule has 0 aromatic rings. The van der Waals surface area contributed by atoms with Crippen molar-refractivity contribution in [2.45, 2.75) is 51.4 Å². The van der Waals surface area contributed by atoms with Crippen LogP contribution in [0.5, 0.6) is 0 Å². The fourth-order valence-electron chi connectivity index (χ4n) is 3.42. The first-order chi connectivity index (χ1) is 18.0. The number of nitrogens with one attached hydrogen (secondary N) is 1. The number of unbranched alkanes of at least 4 members (excludes halogenated alkanes) is 2. The fraction of sp³-hybridized carbons (Fsp3) is 0.680. The van der Waals surface area contributed by atoms with E-state index in [-0.39, 0.29) is 37.7 Å². The van der Waals surface area contributed by atoms with Crippen LogP contribution in [0.25, 0.3) is 0 Å². The molecule has 0 aliphatic carbocycles. The maximum absolute atomic E-state index is 11.9. The number of amides is 4. The normalized spacial score (nSPS) is 15.4. The summed E-state index contributed by atoms with van der Waals surface area (Å²) in [4.78, 5) is 64.5. The van der Waals surface area contributed by atoms with Crippen LogP contribution >= 0.6 is 0 Å². The highest BCUT2D eigenvalue weighted by Crippen LogP contribution is 2.12. The highest BCUT2D eigenvalue weighted by atomic mass is 16.7. The Bertz CT molecular complexity index is 823. The molecule has 0 aromatic heterocycles. The first kappa shape index (κ1) is 30.2. The average molecular weight is 524 g/mol. The topological polar surface area (TPSA) is 141 Å². The van der Waals surface area contributed by atoms with Crippen LogP contribution < -0.4 is 5.32 Å². The molecule has 2 aliphatic rings. The SMILES string of the molecule is O=C(CCN1CCC=C=CC1=O)NCCCCCOCCOCCOCCC(=O)ON1C(=O)CCC1=O. The summed E-state index contributed by atoms with van der Waals surface area (Å²) in [6.07, 6.45) is 7.00. The highest BCUT2D eigenvalue weighted by molar-refractivity contribution is 6.01. The molecule has 37 heavy (non-hydrogen) atoms. The van der Waals surface area contributed by atoms with Gasteiger partial charge in [-0.3, -0.25) is 19.2 Å². The average Bonchev–Trinajstić information content (AvgIpc) is 3.05.